The first-order valence-electron chi connectivity index (χ1n) is 9.18. The summed E-state index contributed by atoms with van der Waals surface area (Å²) in [6, 6.07) is 20.0. The van der Waals surface area contributed by atoms with Gasteiger partial charge in [0.05, 0.1) is 35.8 Å². The maximum Gasteiger partial charge on any atom is 0.250 e. The molecule has 4 rings (SSSR count). The highest BCUT2D eigenvalue weighted by Crippen LogP contribution is 2.25. The molecule has 1 N–H and O–H groups in total. The molecule has 2 aromatic carbocycles. The molecule has 6 nitrogen and oxygen atoms in total. The quantitative estimate of drug-likeness (QED) is 0.284. The largest absolute Gasteiger partial charge is 0.463 e. The van der Waals surface area contributed by atoms with E-state index in [-0.39, 0.29) is 11.7 Å². The summed E-state index contributed by atoms with van der Waals surface area (Å²) in [5.41, 5.74) is 6.89. The normalized spacial score (nSPS) is 11.3. The van der Waals surface area contributed by atoms with E-state index in [1.807, 2.05) is 24.3 Å². The Morgan fingerprint density at radius 3 is 2.79 bits per heavy atom. The molecule has 146 valence electrons. The van der Waals surface area contributed by atoms with Crippen LogP contribution in [0.15, 0.2) is 81.6 Å². The maximum atomic E-state index is 12.2. The van der Waals surface area contributed by atoms with E-state index < -0.39 is 0 Å². The number of benzene rings is 2. The molecule has 0 atom stereocenters. The Kier molecular flexibility index (Phi) is 5.76. The van der Waals surface area contributed by atoms with E-state index in [4.69, 9.17) is 9.40 Å². The minimum Gasteiger partial charge on any atom is -0.463 e. The van der Waals surface area contributed by atoms with Gasteiger partial charge in [-0.1, -0.05) is 53.7 Å². The summed E-state index contributed by atoms with van der Waals surface area (Å²) < 4.78 is 7.28. The van der Waals surface area contributed by atoms with Gasteiger partial charge in [-0.05, 0) is 36.8 Å². The number of para-hydroxylation sites is 2. The first kappa shape index (κ1) is 19.0. The molecule has 0 saturated heterocycles. The number of imidazole rings is 1. The number of nitrogens with one attached hydrogen (secondary N) is 1. The zero-order valence-corrected chi connectivity index (χ0v) is 16.7. The third-order valence-electron chi connectivity index (χ3n) is 4.34. The summed E-state index contributed by atoms with van der Waals surface area (Å²) >= 11 is 1.39. The van der Waals surface area contributed by atoms with E-state index in [1.54, 1.807) is 18.4 Å². The molecule has 1 amide bonds. The van der Waals surface area contributed by atoms with E-state index in [9.17, 15) is 4.79 Å². The van der Waals surface area contributed by atoms with Crippen LogP contribution < -0.4 is 5.43 Å². The second-order valence-electron chi connectivity index (χ2n) is 6.55. The molecule has 7 heteroatoms. The molecule has 2 aromatic heterocycles. The van der Waals surface area contributed by atoms with Crippen molar-refractivity contribution in [1.29, 1.82) is 0 Å². The number of hydrogen-bond acceptors (Lipinski definition) is 5. The Morgan fingerprint density at radius 2 is 2.00 bits per heavy atom. The van der Waals surface area contributed by atoms with Gasteiger partial charge < -0.3 is 8.98 Å². The molecule has 4 aromatic rings. The standard InChI is InChI=1S/C22H20N4O2S/c1-16-8-10-17(11-9-16)14-26-20-7-3-2-6-19(20)24-22(26)29-15-21(27)25-23-13-18-5-4-12-28-18/h2-13H,14-15H2,1H3,(H,25,27)/b23-13-. The summed E-state index contributed by atoms with van der Waals surface area (Å²) in [7, 11) is 0. The molecule has 0 aliphatic heterocycles. The minimum absolute atomic E-state index is 0.202. The number of carbonyl (C=O) groups is 1. The molecule has 29 heavy (non-hydrogen) atoms. The second kappa shape index (κ2) is 8.79. The number of hydrazone groups is 1. The topological polar surface area (TPSA) is 72.4 Å². The molecular formula is C22H20N4O2S. The minimum atomic E-state index is -0.202. The molecule has 2 heterocycles. The van der Waals surface area contributed by atoms with Crippen LogP contribution in [0.1, 0.15) is 16.9 Å². The van der Waals surface area contributed by atoms with Crippen molar-refractivity contribution in [2.45, 2.75) is 18.6 Å². The van der Waals surface area contributed by atoms with Gasteiger partial charge in [-0.3, -0.25) is 4.79 Å². The fraction of sp³-hybridized carbons (Fsp3) is 0.136. The van der Waals surface area contributed by atoms with Gasteiger partial charge in [-0.15, -0.1) is 0 Å². The van der Waals surface area contributed by atoms with Crippen molar-refractivity contribution in [3.63, 3.8) is 0 Å². The van der Waals surface area contributed by atoms with E-state index >= 15 is 0 Å². The van der Waals surface area contributed by atoms with Crippen molar-refractivity contribution >= 4 is 34.9 Å². The Morgan fingerprint density at radius 1 is 1.17 bits per heavy atom. The Labute approximate surface area is 172 Å². The number of rotatable bonds is 7. The number of hydrogen-bond donors (Lipinski definition) is 1. The lowest BCUT2D eigenvalue weighted by atomic mass is 10.1. The number of furan rings is 1. The molecule has 0 aliphatic carbocycles. The summed E-state index contributed by atoms with van der Waals surface area (Å²) in [5.74, 6) is 0.594. The SMILES string of the molecule is Cc1ccc(Cn2c(SCC(=O)N/N=C\c3ccco3)nc3ccccc32)cc1. The number of nitrogens with zero attached hydrogens (tertiary/aromatic N) is 3. The summed E-state index contributed by atoms with van der Waals surface area (Å²) in [6.45, 7) is 2.77. The Hall–Kier alpha value is -3.32. The fourth-order valence-electron chi connectivity index (χ4n) is 2.89. The smallest absolute Gasteiger partial charge is 0.250 e. The third-order valence-corrected chi connectivity index (χ3v) is 5.31. The monoisotopic (exact) mass is 404 g/mol. The van der Waals surface area contributed by atoms with Gasteiger partial charge in [0.25, 0.3) is 5.91 Å². The fourth-order valence-corrected chi connectivity index (χ4v) is 3.69. The zero-order valence-electron chi connectivity index (χ0n) is 15.9. The van der Waals surface area contributed by atoms with Crippen molar-refractivity contribution in [3.8, 4) is 0 Å². The average molecular weight is 404 g/mol. The van der Waals surface area contributed by atoms with E-state index in [0.717, 1.165) is 16.2 Å². The van der Waals surface area contributed by atoms with E-state index in [0.29, 0.717) is 12.3 Å². The molecule has 0 radical (unpaired) electrons. The van der Waals surface area contributed by atoms with Crippen LogP contribution in [0.3, 0.4) is 0 Å². The van der Waals surface area contributed by atoms with Crippen LogP contribution in [0.5, 0.6) is 0 Å². The maximum absolute atomic E-state index is 12.2. The predicted molar refractivity (Wildman–Crippen MR) is 115 cm³/mol. The van der Waals surface area contributed by atoms with Gasteiger partial charge in [0, 0.05) is 0 Å². The Balaban J connectivity index is 1.47. The molecule has 0 saturated carbocycles. The van der Waals surface area contributed by atoms with Crippen LogP contribution in [-0.4, -0.2) is 27.4 Å². The van der Waals surface area contributed by atoms with Gasteiger partial charge in [-0.2, -0.15) is 5.10 Å². The number of thioether (sulfide) groups is 1. The molecular weight excluding hydrogens is 384 g/mol. The van der Waals surface area contributed by atoms with Crippen molar-refractivity contribution in [2.24, 2.45) is 5.10 Å². The Bertz CT molecular complexity index is 1130. The summed E-state index contributed by atoms with van der Waals surface area (Å²) in [5, 5.41) is 4.71. The van der Waals surface area contributed by atoms with Gasteiger partial charge in [0.15, 0.2) is 5.16 Å². The lowest BCUT2D eigenvalue weighted by molar-refractivity contribution is -0.118. The van der Waals surface area contributed by atoms with E-state index in [2.05, 4.69) is 46.3 Å². The predicted octanol–water partition coefficient (Wildman–Crippen LogP) is 4.23. The van der Waals surface area contributed by atoms with Crippen LogP contribution in [0.2, 0.25) is 0 Å². The first-order valence-corrected chi connectivity index (χ1v) is 10.2. The number of carbonyl (C=O) groups excluding carboxylic acids is 1. The van der Waals surface area contributed by atoms with Crippen LogP contribution in [-0.2, 0) is 11.3 Å². The number of aromatic nitrogens is 2. The van der Waals surface area contributed by atoms with Crippen molar-refractivity contribution < 1.29 is 9.21 Å². The van der Waals surface area contributed by atoms with Gasteiger partial charge in [0.2, 0.25) is 0 Å². The average Bonchev–Trinajstić information content (AvgIpc) is 3.36. The van der Waals surface area contributed by atoms with Gasteiger partial charge in [-0.25, -0.2) is 10.4 Å². The lowest BCUT2D eigenvalue weighted by Gasteiger charge is -2.09. The molecule has 0 aliphatic rings. The molecule has 0 fully saturated rings. The summed E-state index contributed by atoms with van der Waals surface area (Å²) in [4.78, 5) is 16.9. The van der Waals surface area contributed by atoms with E-state index in [1.165, 1.54) is 29.1 Å². The van der Waals surface area contributed by atoms with Gasteiger partial charge >= 0.3 is 0 Å². The van der Waals surface area contributed by atoms with Crippen molar-refractivity contribution in [1.82, 2.24) is 15.0 Å². The highest BCUT2D eigenvalue weighted by Gasteiger charge is 2.13. The van der Waals surface area contributed by atoms with Gasteiger partial charge in [0.1, 0.15) is 5.76 Å². The molecule has 0 unspecified atom stereocenters. The van der Waals surface area contributed by atoms with Crippen molar-refractivity contribution in [2.75, 3.05) is 5.75 Å². The van der Waals surface area contributed by atoms with Crippen LogP contribution in [0.4, 0.5) is 0 Å². The number of amides is 1. The highest BCUT2D eigenvalue weighted by atomic mass is 32.2. The molecule has 0 bridgehead atoms. The first-order chi connectivity index (χ1) is 14.2. The second-order valence-corrected chi connectivity index (χ2v) is 7.49. The molecule has 0 spiro atoms. The number of fused-ring (bicyclic) bond motifs is 1. The van der Waals surface area contributed by atoms with Crippen LogP contribution >= 0.6 is 11.8 Å². The lowest BCUT2D eigenvalue weighted by Crippen LogP contribution is -2.20. The zero-order chi connectivity index (χ0) is 20.1. The van der Waals surface area contributed by atoms with Crippen molar-refractivity contribution in [3.05, 3.63) is 83.8 Å². The summed E-state index contributed by atoms with van der Waals surface area (Å²) in [6.07, 6.45) is 3.02. The van der Waals surface area contributed by atoms with Crippen LogP contribution in [0, 0.1) is 6.92 Å². The van der Waals surface area contributed by atoms with Crippen LogP contribution in [0.25, 0.3) is 11.0 Å². The third kappa shape index (κ3) is 4.75. The highest BCUT2D eigenvalue weighted by molar-refractivity contribution is 7.99. The number of aryl methyl sites for hydroxylation is 1.